The normalized spacial score (nSPS) is 19.0. The molecule has 2 amide bonds. The summed E-state index contributed by atoms with van der Waals surface area (Å²) in [4.78, 5) is 29.5. The topological polar surface area (TPSA) is 83.4 Å². The summed E-state index contributed by atoms with van der Waals surface area (Å²) in [5.41, 5.74) is 2.87. The molecule has 0 unspecified atom stereocenters. The number of aliphatic imine (C=N–C) groups is 1. The van der Waals surface area contributed by atoms with E-state index in [-0.39, 0.29) is 18.2 Å². The number of methoxy groups -OCH3 is 1. The molecule has 0 radical (unpaired) electrons. The van der Waals surface area contributed by atoms with Crippen LogP contribution in [0.2, 0.25) is 0 Å². The minimum atomic E-state index is -1.07. The molecule has 2 aliphatic heterocycles. The predicted molar refractivity (Wildman–Crippen MR) is 139 cm³/mol. The maximum Gasteiger partial charge on any atom is 0.262 e. The van der Waals surface area contributed by atoms with Crippen LogP contribution >= 0.6 is 11.8 Å². The summed E-state index contributed by atoms with van der Waals surface area (Å²) < 4.78 is 32.0. The Bertz CT molecular complexity index is 1410. The van der Waals surface area contributed by atoms with Gasteiger partial charge >= 0.3 is 0 Å². The summed E-state index contributed by atoms with van der Waals surface area (Å²) in [5.74, 6) is -2.33. The molecule has 7 nitrogen and oxygen atoms in total. The Morgan fingerprint density at radius 3 is 2.65 bits per heavy atom. The zero-order valence-corrected chi connectivity index (χ0v) is 20.5. The van der Waals surface area contributed by atoms with Gasteiger partial charge in [0, 0.05) is 24.6 Å². The molecule has 0 aliphatic carbocycles. The van der Waals surface area contributed by atoms with Gasteiger partial charge in [0.1, 0.15) is 11.0 Å². The van der Waals surface area contributed by atoms with Crippen LogP contribution in [-0.4, -0.2) is 40.1 Å². The smallest absolute Gasteiger partial charge is 0.262 e. The Morgan fingerprint density at radius 1 is 1.08 bits per heavy atom. The Hall–Kier alpha value is -4.05. The maximum absolute atomic E-state index is 13.5. The quantitative estimate of drug-likeness (QED) is 0.486. The monoisotopic (exact) mass is 520 g/mol. The molecule has 0 saturated heterocycles. The van der Waals surface area contributed by atoms with E-state index in [1.807, 2.05) is 54.6 Å². The largest absolute Gasteiger partial charge is 0.497 e. The average Bonchev–Trinajstić information content (AvgIpc) is 3.51. The van der Waals surface area contributed by atoms with Gasteiger partial charge < -0.3 is 10.1 Å². The number of hydrazone groups is 1. The predicted octanol–water partition coefficient (Wildman–Crippen LogP) is 5.15. The number of amidine groups is 1. The fourth-order valence-electron chi connectivity index (χ4n) is 4.16. The average molecular weight is 521 g/mol. The van der Waals surface area contributed by atoms with Gasteiger partial charge in [-0.05, 0) is 35.4 Å². The summed E-state index contributed by atoms with van der Waals surface area (Å²) in [6.45, 7) is 0. The van der Waals surface area contributed by atoms with E-state index in [9.17, 15) is 18.4 Å². The molecule has 5 rings (SSSR count). The zero-order chi connectivity index (χ0) is 25.9. The lowest BCUT2D eigenvalue weighted by Crippen LogP contribution is -2.25. The van der Waals surface area contributed by atoms with Gasteiger partial charge in [-0.2, -0.15) is 10.1 Å². The van der Waals surface area contributed by atoms with Gasteiger partial charge in [0.15, 0.2) is 16.8 Å². The maximum atomic E-state index is 13.5. The number of benzene rings is 3. The highest BCUT2D eigenvalue weighted by atomic mass is 32.2. The molecule has 0 spiro atoms. The van der Waals surface area contributed by atoms with Crippen LogP contribution in [0, 0.1) is 11.6 Å². The lowest BCUT2D eigenvalue weighted by molar-refractivity contribution is -0.121. The SMILES string of the molecule is COc1cccc([C@@H]2CC(c3ccccc3)=NN2C2=NC(=O)[C@H](CC(=O)Nc3ccc(F)c(F)c3)S2)c1. The Morgan fingerprint density at radius 2 is 1.89 bits per heavy atom. The number of hydrogen-bond acceptors (Lipinski definition) is 6. The van der Waals surface area contributed by atoms with Crippen molar-refractivity contribution >= 4 is 40.1 Å². The zero-order valence-electron chi connectivity index (χ0n) is 19.7. The Kier molecular flexibility index (Phi) is 7.00. The van der Waals surface area contributed by atoms with Crippen LogP contribution in [0.3, 0.4) is 0 Å². The summed E-state index contributed by atoms with van der Waals surface area (Å²) in [6.07, 6.45) is 0.411. The second-order valence-electron chi connectivity index (χ2n) is 8.47. The summed E-state index contributed by atoms with van der Waals surface area (Å²) >= 11 is 1.16. The van der Waals surface area contributed by atoms with E-state index < -0.39 is 28.7 Å². The van der Waals surface area contributed by atoms with Gasteiger partial charge in [0.25, 0.3) is 5.91 Å². The van der Waals surface area contributed by atoms with Crippen molar-refractivity contribution in [1.82, 2.24) is 5.01 Å². The van der Waals surface area contributed by atoms with E-state index >= 15 is 0 Å². The fraction of sp³-hybridized carbons (Fsp3) is 0.185. The number of nitrogens with one attached hydrogen (secondary N) is 1. The first-order chi connectivity index (χ1) is 17.9. The molecule has 2 atom stereocenters. The third-order valence-electron chi connectivity index (χ3n) is 6.00. The molecular weight excluding hydrogens is 498 g/mol. The van der Waals surface area contributed by atoms with Crippen LogP contribution in [0.4, 0.5) is 14.5 Å². The molecule has 1 N–H and O–H groups in total. The molecule has 2 aliphatic rings. The number of halogens is 2. The number of amides is 2. The van der Waals surface area contributed by atoms with Crippen molar-refractivity contribution < 1.29 is 23.1 Å². The summed E-state index contributed by atoms with van der Waals surface area (Å²) in [6, 6.07) is 20.3. The van der Waals surface area contributed by atoms with Crippen LogP contribution in [0.25, 0.3) is 0 Å². The second kappa shape index (κ2) is 10.5. The number of ether oxygens (including phenoxy) is 1. The molecule has 2 heterocycles. The third kappa shape index (κ3) is 5.39. The standard InChI is InChI=1S/C27H22F2N4O3S/c1-36-19-9-5-8-17(12-19)23-14-22(16-6-3-2-4-7-16)32-33(23)27-31-26(35)24(37-27)15-25(34)30-18-10-11-20(28)21(29)13-18/h2-13,23-24H,14-15H2,1H3,(H,30,34)/t23-,24-/m0/s1. The van der Waals surface area contributed by atoms with Crippen LogP contribution in [-0.2, 0) is 9.59 Å². The highest BCUT2D eigenvalue weighted by Crippen LogP contribution is 2.39. The second-order valence-corrected chi connectivity index (χ2v) is 9.64. The molecule has 0 saturated carbocycles. The van der Waals surface area contributed by atoms with Gasteiger partial charge in [-0.15, -0.1) is 0 Å². The van der Waals surface area contributed by atoms with Gasteiger partial charge in [0.05, 0.1) is 18.9 Å². The van der Waals surface area contributed by atoms with Gasteiger partial charge in [-0.1, -0.05) is 54.2 Å². The number of nitrogens with zero attached hydrogens (tertiary/aromatic N) is 3. The number of rotatable bonds is 6. The first-order valence-electron chi connectivity index (χ1n) is 11.5. The number of thioether (sulfide) groups is 1. The fourth-order valence-corrected chi connectivity index (χ4v) is 5.22. The van der Waals surface area contributed by atoms with Crippen molar-refractivity contribution in [2.45, 2.75) is 24.1 Å². The number of carbonyl (C=O) groups is 2. The summed E-state index contributed by atoms with van der Waals surface area (Å²) in [7, 11) is 1.60. The Labute approximate surface area is 216 Å². The molecule has 0 aromatic heterocycles. The van der Waals surface area contributed by atoms with E-state index in [4.69, 9.17) is 9.84 Å². The van der Waals surface area contributed by atoms with E-state index in [1.54, 1.807) is 12.1 Å². The Balaban J connectivity index is 1.35. The number of anilines is 1. The molecule has 37 heavy (non-hydrogen) atoms. The van der Waals surface area contributed by atoms with E-state index in [0.717, 1.165) is 40.7 Å². The van der Waals surface area contributed by atoms with Crippen LogP contribution in [0.1, 0.15) is 30.0 Å². The number of hydrogen-bond donors (Lipinski definition) is 1. The first-order valence-corrected chi connectivity index (χ1v) is 12.4. The summed E-state index contributed by atoms with van der Waals surface area (Å²) in [5, 5.41) is 8.68. The van der Waals surface area contributed by atoms with Crippen molar-refractivity contribution in [3.8, 4) is 5.75 Å². The third-order valence-corrected chi connectivity index (χ3v) is 7.14. The molecule has 10 heteroatoms. The lowest BCUT2D eigenvalue weighted by atomic mass is 9.98. The van der Waals surface area contributed by atoms with Crippen molar-refractivity contribution in [1.29, 1.82) is 0 Å². The highest BCUT2D eigenvalue weighted by molar-refractivity contribution is 8.15. The molecule has 3 aromatic carbocycles. The highest BCUT2D eigenvalue weighted by Gasteiger charge is 2.39. The minimum Gasteiger partial charge on any atom is -0.497 e. The molecule has 0 bridgehead atoms. The van der Waals surface area contributed by atoms with Gasteiger partial charge in [-0.25, -0.2) is 13.8 Å². The first kappa shape index (κ1) is 24.6. The molecule has 0 fully saturated rings. The molecular formula is C27H22F2N4O3S. The van der Waals surface area contributed by atoms with Crippen molar-refractivity contribution in [3.05, 3.63) is 95.6 Å². The van der Waals surface area contributed by atoms with Gasteiger partial charge in [0.2, 0.25) is 5.91 Å². The van der Waals surface area contributed by atoms with Crippen LogP contribution in [0.15, 0.2) is 82.9 Å². The molecule has 3 aromatic rings. The van der Waals surface area contributed by atoms with Crippen LogP contribution < -0.4 is 10.1 Å². The van der Waals surface area contributed by atoms with Gasteiger partial charge in [-0.3, -0.25) is 9.59 Å². The lowest BCUT2D eigenvalue weighted by Gasteiger charge is -2.23. The van der Waals surface area contributed by atoms with Crippen molar-refractivity contribution in [3.63, 3.8) is 0 Å². The number of carbonyl (C=O) groups excluding carboxylic acids is 2. The van der Waals surface area contributed by atoms with Crippen molar-refractivity contribution in [2.75, 3.05) is 12.4 Å². The molecule has 188 valence electrons. The van der Waals surface area contributed by atoms with E-state index in [1.165, 1.54) is 6.07 Å². The van der Waals surface area contributed by atoms with Crippen LogP contribution in [0.5, 0.6) is 5.75 Å². The van der Waals surface area contributed by atoms with Crippen molar-refractivity contribution in [2.24, 2.45) is 10.1 Å². The minimum absolute atomic E-state index is 0.107. The van der Waals surface area contributed by atoms with E-state index in [2.05, 4.69) is 10.3 Å². The van der Waals surface area contributed by atoms with E-state index in [0.29, 0.717) is 17.3 Å².